The molecule has 0 heterocycles. The number of halogens is 2. The largest absolute Gasteiger partial charge is 0.488 e. The number of hydrazone groups is 1. The van der Waals surface area contributed by atoms with E-state index in [4.69, 9.17) is 16.3 Å². The standard InChI is InChI=1S/C22H17BrClN3O4/c23-18-5-1-16(2-6-18)14-31-21-10-9-20(27(29)30)12-17(21)13-25-26-22(28)11-15-3-7-19(24)8-4-15/h1-10,12-13H,11,14H2,(H,26,28)/b25-13-. The number of hydrogen-bond donors (Lipinski definition) is 1. The van der Waals surface area contributed by atoms with Gasteiger partial charge in [0.2, 0.25) is 5.91 Å². The molecule has 0 bridgehead atoms. The molecule has 0 aliphatic carbocycles. The van der Waals surface area contributed by atoms with Gasteiger partial charge >= 0.3 is 0 Å². The lowest BCUT2D eigenvalue weighted by molar-refractivity contribution is -0.384. The van der Waals surface area contributed by atoms with Gasteiger partial charge in [-0.05, 0) is 41.5 Å². The molecule has 1 N–H and O–H groups in total. The predicted molar refractivity (Wildman–Crippen MR) is 122 cm³/mol. The molecule has 3 rings (SSSR count). The number of hydrogen-bond acceptors (Lipinski definition) is 5. The highest BCUT2D eigenvalue weighted by molar-refractivity contribution is 9.10. The van der Waals surface area contributed by atoms with Crippen molar-refractivity contribution in [2.45, 2.75) is 13.0 Å². The highest BCUT2D eigenvalue weighted by atomic mass is 79.9. The van der Waals surface area contributed by atoms with Crippen LogP contribution in [0.1, 0.15) is 16.7 Å². The molecular weight excluding hydrogens is 486 g/mol. The van der Waals surface area contributed by atoms with Gasteiger partial charge in [0.15, 0.2) is 0 Å². The number of non-ortho nitro benzene ring substituents is 1. The number of carbonyl (C=O) groups excluding carboxylic acids is 1. The zero-order chi connectivity index (χ0) is 22.2. The van der Waals surface area contributed by atoms with E-state index in [2.05, 4.69) is 26.5 Å². The number of amides is 1. The number of benzene rings is 3. The average molecular weight is 503 g/mol. The third kappa shape index (κ3) is 6.91. The summed E-state index contributed by atoms with van der Waals surface area (Å²) in [6.45, 7) is 0.273. The Morgan fingerprint density at radius 2 is 1.77 bits per heavy atom. The van der Waals surface area contributed by atoms with Crippen molar-refractivity contribution in [2.75, 3.05) is 0 Å². The summed E-state index contributed by atoms with van der Waals surface area (Å²) in [5.41, 5.74) is 4.40. The number of nitro benzene ring substituents is 1. The van der Waals surface area contributed by atoms with E-state index in [9.17, 15) is 14.9 Å². The first-order valence-corrected chi connectivity index (χ1v) is 10.3. The van der Waals surface area contributed by atoms with Crippen LogP contribution in [0.2, 0.25) is 5.02 Å². The first-order valence-electron chi connectivity index (χ1n) is 9.13. The van der Waals surface area contributed by atoms with Gasteiger partial charge in [-0.25, -0.2) is 5.43 Å². The van der Waals surface area contributed by atoms with Gasteiger partial charge in [-0.2, -0.15) is 5.10 Å². The SMILES string of the molecule is O=C(Cc1ccc(Cl)cc1)N/N=C\c1cc([N+](=O)[O-])ccc1OCc1ccc(Br)cc1. The molecule has 7 nitrogen and oxygen atoms in total. The van der Waals surface area contributed by atoms with E-state index >= 15 is 0 Å². The van der Waals surface area contributed by atoms with Gasteiger partial charge < -0.3 is 4.74 Å². The fraction of sp³-hybridized carbons (Fsp3) is 0.0909. The fourth-order valence-electron chi connectivity index (χ4n) is 2.62. The molecule has 0 atom stereocenters. The Hall–Kier alpha value is -3.23. The summed E-state index contributed by atoms with van der Waals surface area (Å²) < 4.78 is 6.76. The summed E-state index contributed by atoms with van der Waals surface area (Å²) in [6.07, 6.45) is 1.44. The van der Waals surface area contributed by atoms with Crippen molar-refractivity contribution in [1.82, 2.24) is 5.43 Å². The zero-order valence-corrected chi connectivity index (χ0v) is 18.5. The van der Waals surface area contributed by atoms with Gasteiger partial charge in [0.25, 0.3) is 5.69 Å². The molecule has 0 spiro atoms. The van der Waals surface area contributed by atoms with Crippen molar-refractivity contribution in [3.63, 3.8) is 0 Å². The van der Waals surface area contributed by atoms with Crippen LogP contribution in [0.25, 0.3) is 0 Å². The minimum absolute atomic E-state index is 0.107. The first-order chi connectivity index (χ1) is 14.9. The van der Waals surface area contributed by atoms with Crippen molar-refractivity contribution in [2.24, 2.45) is 5.10 Å². The van der Waals surface area contributed by atoms with Crippen LogP contribution in [-0.2, 0) is 17.8 Å². The lowest BCUT2D eigenvalue weighted by atomic mass is 10.1. The maximum absolute atomic E-state index is 12.1. The highest BCUT2D eigenvalue weighted by Crippen LogP contribution is 2.24. The second-order valence-corrected chi connectivity index (χ2v) is 7.84. The van der Waals surface area contributed by atoms with Gasteiger partial charge in [0, 0.05) is 27.2 Å². The summed E-state index contributed by atoms with van der Waals surface area (Å²) in [5.74, 6) is 0.0746. The molecule has 0 aromatic heterocycles. The maximum Gasteiger partial charge on any atom is 0.270 e. The van der Waals surface area contributed by atoms with E-state index < -0.39 is 4.92 Å². The number of nitro groups is 1. The Labute approximate surface area is 192 Å². The Balaban J connectivity index is 1.68. The summed E-state index contributed by atoms with van der Waals surface area (Å²) in [5, 5.41) is 15.6. The van der Waals surface area contributed by atoms with Crippen LogP contribution in [0.3, 0.4) is 0 Å². The molecule has 0 saturated heterocycles. The normalized spacial score (nSPS) is 10.8. The average Bonchev–Trinajstić information content (AvgIpc) is 2.75. The van der Waals surface area contributed by atoms with Crippen LogP contribution in [0.15, 0.2) is 76.3 Å². The van der Waals surface area contributed by atoms with Crippen molar-refractivity contribution < 1.29 is 14.5 Å². The number of rotatable bonds is 8. The number of nitrogens with zero attached hydrogens (tertiary/aromatic N) is 2. The van der Waals surface area contributed by atoms with Crippen LogP contribution in [0.5, 0.6) is 5.75 Å². The Morgan fingerprint density at radius 1 is 1.10 bits per heavy atom. The van der Waals surface area contributed by atoms with E-state index in [-0.39, 0.29) is 24.6 Å². The lowest BCUT2D eigenvalue weighted by Crippen LogP contribution is -2.19. The molecule has 0 radical (unpaired) electrons. The molecule has 0 fully saturated rings. The topological polar surface area (TPSA) is 93.8 Å². The molecule has 0 saturated carbocycles. The molecule has 3 aromatic carbocycles. The summed E-state index contributed by atoms with van der Waals surface area (Å²) in [6, 6.07) is 18.7. The first kappa shape index (κ1) is 22.5. The van der Waals surface area contributed by atoms with Crippen LogP contribution in [0, 0.1) is 10.1 Å². The molecule has 9 heteroatoms. The van der Waals surface area contributed by atoms with E-state index in [1.807, 2.05) is 24.3 Å². The second kappa shape index (κ2) is 10.7. The summed E-state index contributed by atoms with van der Waals surface area (Å²) in [4.78, 5) is 22.7. The molecule has 3 aromatic rings. The number of nitrogens with one attached hydrogen (secondary N) is 1. The quantitative estimate of drug-likeness (QED) is 0.257. The van der Waals surface area contributed by atoms with Crippen molar-refractivity contribution in [3.05, 3.63) is 103 Å². The molecule has 1 amide bonds. The van der Waals surface area contributed by atoms with E-state index in [0.717, 1.165) is 15.6 Å². The van der Waals surface area contributed by atoms with Crippen molar-refractivity contribution in [1.29, 1.82) is 0 Å². The van der Waals surface area contributed by atoms with Crippen molar-refractivity contribution >= 4 is 45.3 Å². The molecule has 0 aliphatic heterocycles. The number of ether oxygens (including phenoxy) is 1. The van der Waals surface area contributed by atoms with Crippen LogP contribution in [-0.4, -0.2) is 17.0 Å². The maximum atomic E-state index is 12.1. The lowest BCUT2D eigenvalue weighted by Gasteiger charge is -2.09. The van der Waals surface area contributed by atoms with Gasteiger partial charge in [0.05, 0.1) is 17.6 Å². The van der Waals surface area contributed by atoms with Crippen molar-refractivity contribution in [3.8, 4) is 5.75 Å². The van der Waals surface area contributed by atoms with Gasteiger partial charge in [0.1, 0.15) is 12.4 Å². The molecule has 158 valence electrons. The molecule has 0 unspecified atom stereocenters. The molecule has 31 heavy (non-hydrogen) atoms. The molecule has 0 aliphatic rings. The predicted octanol–water partition coefficient (Wildman–Crippen LogP) is 5.28. The fourth-order valence-corrected chi connectivity index (χ4v) is 3.01. The Morgan fingerprint density at radius 3 is 2.45 bits per heavy atom. The Bertz CT molecular complexity index is 1100. The third-order valence-electron chi connectivity index (χ3n) is 4.18. The second-order valence-electron chi connectivity index (χ2n) is 6.49. The van der Waals surface area contributed by atoms with E-state index in [0.29, 0.717) is 16.3 Å². The zero-order valence-electron chi connectivity index (χ0n) is 16.1. The van der Waals surface area contributed by atoms with Gasteiger partial charge in [-0.1, -0.05) is 51.8 Å². The van der Waals surface area contributed by atoms with Crippen LogP contribution < -0.4 is 10.2 Å². The highest BCUT2D eigenvalue weighted by Gasteiger charge is 2.11. The number of carbonyl (C=O) groups is 1. The minimum Gasteiger partial charge on any atom is -0.488 e. The summed E-state index contributed by atoms with van der Waals surface area (Å²) >= 11 is 9.21. The van der Waals surface area contributed by atoms with Crippen LogP contribution in [0.4, 0.5) is 5.69 Å². The summed E-state index contributed by atoms with van der Waals surface area (Å²) in [7, 11) is 0. The smallest absolute Gasteiger partial charge is 0.270 e. The molecular formula is C22H17BrClN3O4. The van der Waals surface area contributed by atoms with Gasteiger partial charge in [-0.15, -0.1) is 0 Å². The van der Waals surface area contributed by atoms with E-state index in [1.165, 1.54) is 24.4 Å². The monoisotopic (exact) mass is 501 g/mol. The minimum atomic E-state index is -0.505. The van der Waals surface area contributed by atoms with Crippen LogP contribution >= 0.6 is 27.5 Å². The third-order valence-corrected chi connectivity index (χ3v) is 4.96. The van der Waals surface area contributed by atoms with E-state index in [1.54, 1.807) is 24.3 Å². The Kier molecular flexibility index (Phi) is 7.75. The van der Waals surface area contributed by atoms with Gasteiger partial charge in [-0.3, -0.25) is 14.9 Å².